The quantitative estimate of drug-likeness (QED) is 0.296. The number of carboxylic acid groups (broad SMARTS) is 1. The highest BCUT2D eigenvalue weighted by Crippen LogP contribution is 2.43. The zero-order valence-electron chi connectivity index (χ0n) is 19.7. The van der Waals surface area contributed by atoms with Crippen LogP contribution < -0.4 is 14.8 Å². The van der Waals surface area contributed by atoms with Gasteiger partial charge in [-0.3, -0.25) is 4.79 Å². The van der Waals surface area contributed by atoms with Crippen LogP contribution in [0.4, 0.5) is 5.69 Å². The number of methoxy groups -OCH3 is 1. The van der Waals surface area contributed by atoms with Crippen molar-refractivity contribution < 1.29 is 24.2 Å². The van der Waals surface area contributed by atoms with Gasteiger partial charge in [-0.05, 0) is 77.3 Å². The molecule has 1 heterocycles. The highest BCUT2D eigenvalue weighted by molar-refractivity contribution is 14.1. The third-order valence-corrected chi connectivity index (χ3v) is 8.23. The highest BCUT2D eigenvalue weighted by Gasteiger charge is 2.42. The average molecular weight is 608 g/mol. The van der Waals surface area contributed by atoms with Crippen molar-refractivity contribution in [2.75, 3.05) is 19.0 Å². The second-order valence-corrected chi connectivity index (χ2v) is 11.0. The van der Waals surface area contributed by atoms with Gasteiger partial charge in [0, 0.05) is 11.7 Å². The Morgan fingerprint density at radius 3 is 2.69 bits per heavy atom. The molecule has 2 aromatic carbocycles. The minimum Gasteiger partial charge on any atom is -0.493 e. The Hall–Kier alpha value is -2.40. The molecule has 3 atom stereocenters. The normalized spacial score (nSPS) is 23.4. The highest BCUT2D eigenvalue weighted by atomic mass is 127. The molecule has 9 heteroatoms. The molecule has 0 aromatic heterocycles. The van der Waals surface area contributed by atoms with Gasteiger partial charge in [-0.2, -0.15) is 0 Å². The number of rotatable bonds is 8. The number of thioether (sulfide) groups is 1. The molecule has 1 unspecified atom stereocenters. The molecule has 2 fully saturated rings. The van der Waals surface area contributed by atoms with Gasteiger partial charge in [0.05, 0.1) is 15.6 Å². The van der Waals surface area contributed by atoms with Crippen LogP contribution in [-0.4, -0.2) is 47.1 Å². The van der Waals surface area contributed by atoms with E-state index in [4.69, 9.17) is 14.6 Å². The van der Waals surface area contributed by atoms with Crippen molar-refractivity contribution in [2.45, 2.75) is 44.1 Å². The van der Waals surface area contributed by atoms with Crippen LogP contribution in [0.2, 0.25) is 0 Å². The molecule has 0 radical (unpaired) electrons. The number of aliphatic carboxylic acids is 1. The van der Waals surface area contributed by atoms with Crippen LogP contribution >= 0.6 is 34.4 Å². The molecule has 1 saturated heterocycles. The van der Waals surface area contributed by atoms with Crippen molar-refractivity contribution in [2.24, 2.45) is 5.92 Å². The van der Waals surface area contributed by atoms with Crippen LogP contribution in [-0.2, 0) is 9.59 Å². The number of halogens is 1. The molecule has 1 aliphatic carbocycles. The lowest BCUT2D eigenvalue weighted by Crippen LogP contribution is -2.48. The number of carboxylic acids is 1. The van der Waals surface area contributed by atoms with E-state index < -0.39 is 12.6 Å². The summed E-state index contributed by atoms with van der Waals surface area (Å²) < 4.78 is 11.6. The maximum absolute atomic E-state index is 13.7. The van der Waals surface area contributed by atoms with Crippen LogP contribution in [0.25, 0.3) is 6.08 Å². The number of ether oxygens (including phenoxy) is 2. The van der Waals surface area contributed by atoms with E-state index in [2.05, 4.69) is 34.8 Å². The van der Waals surface area contributed by atoms with Crippen molar-refractivity contribution in [3.63, 3.8) is 0 Å². The molecule has 1 aliphatic heterocycles. The number of carbonyl (C=O) groups excluding carboxylic acids is 1. The topological polar surface area (TPSA) is 88.1 Å². The maximum Gasteiger partial charge on any atom is 0.341 e. The van der Waals surface area contributed by atoms with E-state index in [1.165, 1.54) is 25.3 Å². The molecular weight excluding hydrogens is 579 g/mol. The third kappa shape index (κ3) is 6.06. The molecule has 35 heavy (non-hydrogen) atoms. The van der Waals surface area contributed by atoms with Crippen molar-refractivity contribution in [1.82, 2.24) is 4.90 Å². The van der Waals surface area contributed by atoms with Gasteiger partial charge in [-0.25, -0.2) is 4.79 Å². The lowest BCUT2D eigenvalue weighted by Gasteiger charge is -2.39. The van der Waals surface area contributed by atoms with Gasteiger partial charge in [0.15, 0.2) is 23.6 Å². The second-order valence-electron chi connectivity index (χ2n) is 8.75. The van der Waals surface area contributed by atoms with Crippen LogP contribution in [0.1, 0.15) is 38.2 Å². The molecule has 2 aromatic rings. The number of nitrogens with zero attached hydrogens (tertiary/aromatic N) is 1. The zero-order chi connectivity index (χ0) is 24.9. The maximum atomic E-state index is 13.7. The van der Waals surface area contributed by atoms with E-state index in [1.54, 1.807) is 6.07 Å². The first-order chi connectivity index (χ1) is 16.9. The Kier molecular flexibility index (Phi) is 8.48. The van der Waals surface area contributed by atoms with E-state index in [-0.39, 0.29) is 17.4 Å². The monoisotopic (exact) mass is 608 g/mol. The lowest BCUT2D eigenvalue weighted by atomic mass is 9.85. The summed E-state index contributed by atoms with van der Waals surface area (Å²) in [6.07, 6.45) is 6.36. The van der Waals surface area contributed by atoms with Crippen molar-refractivity contribution in [3.05, 3.63) is 56.5 Å². The molecule has 186 valence electrons. The molecule has 1 saturated carbocycles. The second kappa shape index (κ2) is 11.6. The zero-order valence-corrected chi connectivity index (χ0v) is 22.7. The van der Waals surface area contributed by atoms with Gasteiger partial charge in [-0.15, -0.1) is 0 Å². The fourth-order valence-electron chi connectivity index (χ4n) is 4.62. The molecular formula is C26H29IN2O5S. The van der Waals surface area contributed by atoms with Crippen LogP contribution in [0, 0.1) is 9.49 Å². The first-order valence-electron chi connectivity index (χ1n) is 11.6. The fourth-order valence-corrected chi connectivity index (χ4v) is 6.61. The van der Waals surface area contributed by atoms with E-state index in [0.717, 1.165) is 30.5 Å². The summed E-state index contributed by atoms with van der Waals surface area (Å²) in [5, 5.41) is 12.5. The van der Waals surface area contributed by atoms with Gasteiger partial charge in [-0.1, -0.05) is 49.7 Å². The number of para-hydroxylation sites is 1. The van der Waals surface area contributed by atoms with Gasteiger partial charge in [0.25, 0.3) is 5.91 Å². The number of hydrogen-bond donors (Lipinski definition) is 2. The molecule has 7 nitrogen and oxygen atoms in total. The summed E-state index contributed by atoms with van der Waals surface area (Å²) in [4.78, 5) is 27.3. The first kappa shape index (κ1) is 25.7. The Labute approximate surface area is 223 Å². The minimum atomic E-state index is -1.06. The fraction of sp³-hybridized carbons (Fsp3) is 0.385. The molecule has 2 N–H and O–H groups in total. The van der Waals surface area contributed by atoms with E-state index in [0.29, 0.717) is 25.9 Å². The molecule has 0 spiro atoms. The van der Waals surface area contributed by atoms with Crippen molar-refractivity contribution in [1.29, 1.82) is 0 Å². The van der Waals surface area contributed by atoms with Gasteiger partial charge < -0.3 is 24.8 Å². The lowest BCUT2D eigenvalue weighted by molar-refractivity contribution is -0.139. The number of anilines is 1. The number of hydrogen-bond acceptors (Lipinski definition) is 6. The molecule has 1 amide bonds. The smallest absolute Gasteiger partial charge is 0.341 e. The Bertz CT molecular complexity index is 1110. The summed E-state index contributed by atoms with van der Waals surface area (Å²) >= 11 is 3.62. The minimum absolute atomic E-state index is 0.0300. The Morgan fingerprint density at radius 1 is 1.26 bits per heavy atom. The third-order valence-electron chi connectivity index (χ3n) is 6.31. The summed E-state index contributed by atoms with van der Waals surface area (Å²) in [5.41, 5.74) is 1.58. The summed E-state index contributed by atoms with van der Waals surface area (Å²) in [6.45, 7) is 1.79. The summed E-state index contributed by atoms with van der Waals surface area (Å²) in [7, 11) is 1.51. The van der Waals surface area contributed by atoms with E-state index in [9.17, 15) is 9.59 Å². The van der Waals surface area contributed by atoms with Gasteiger partial charge in [0.2, 0.25) is 0 Å². The number of amides is 1. The van der Waals surface area contributed by atoms with Gasteiger partial charge >= 0.3 is 5.97 Å². The van der Waals surface area contributed by atoms with E-state index in [1.807, 2.05) is 47.4 Å². The van der Waals surface area contributed by atoms with Crippen LogP contribution in [0.15, 0.2) is 47.4 Å². The van der Waals surface area contributed by atoms with E-state index >= 15 is 0 Å². The largest absolute Gasteiger partial charge is 0.493 e. The SMILES string of the molecule is COc1cc(/C=C2\SC(Nc3ccccc3)N([C@H]3CCCC[C@H]3C)C2=O)cc(I)c1OCC(=O)O. The van der Waals surface area contributed by atoms with Crippen LogP contribution in [0.5, 0.6) is 11.5 Å². The first-order valence-corrected chi connectivity index (χ1v) is 13.6. The molecule has 2 aliphatic rings. The summed E-state index contributed by atoms with van der Waals surface area (Å²) in [6, 6.07) is 13.8. The number of nitrogens with one attached hydrogen (secondary N) is 1. The molecule has 4 rings (SSSR count). The Morgan fingerprint density at radius 2 is 2.00 bits per heavy atom. The average Bonchev–Trinajstić information content (AvgIpc) is 3.13. The van der Waals surface area contributed by atoms with Crippen LogP contribution in [0.3, 0.4) is 0 Å². The number of carbonyl (C=O) groups is 2. The predicted octanol–water partition coefficient (Wildman–Crippen LogP) is 5.65. The standard InChI is InChI=1S/C26H29IN2O5S/c1-16-8-6-7-11-20(16)29-25(32)22(35-26(29)28-18-9-4-3-5-10-18)14-17-12-19(27)24(21(13-17)33-2)34-15-23(30)31/h3-5,9-10,12-14,16,20,26,28H,6-8,11,15H2,1-2H3,(H,30,31)/b22-14-/t16-,20+,26?/m1/s1. The van der Waals surface area contributed by atoms with Gasteiger partial charge in [0.1, 0.15) is 0 Å². The number of benzene rings is 2. The van der Waals surface area contributed by atoms with Crippen molar-refractivity contribution in [3.8, 4) is 11.5 Å². The summed E-state index contributed by atoms with van der Waals surface area (Å²) in [5.74, 6) is 0.222. The predicted molar refractivity (Wildman–Crippen MR) is 147 cm³/mol. The van der Waals surface area contributed by atoms with Crippen molar-refractivity contribution >= 4 is 58.0 Å². The Balaban J connectivity index is 1.65. The molecule has 0 bridgehead atoms.